The Labute approximate surface area is 99.6 Å². The van der Waals surface area contributed by atoms with Gasteiger partial charge in [0.2, 0.25) is 0 Å². The zero-order chi connectivity index (χ0) is 11.0. The smallest absolute Gasteiger partial charge is 0.339 e. The van der Waals surface area contributed by atoms with Crippen molar-refractivity contribution in [2.75, 3.05) is 7.11 Å². The summed E-state index contributed by atoms with van der Waals surface area (Å²) in [7, 11) is 1.32. The van der Waals surface area contributed by atoms with E-state index in [0.717, 1.165) is 0 Å². The number of halogens is 2. The first-order valence-corrected chi connectivity index (χ1v) is 5.53. The van der Waals surface area contributed by atoms with Crippen molar-refractivity contribution in [2.45, 2.75) is 0 Å². The predicted octanol–water partition coefficient (Wildman–Crippen LogP) is 3.39. The van der Waals surface area contributed by atoms with Crippen molar-refractivity contribution in [1.29, 1.82) is 0 Å². The molecule has 0 aliphatic carbocycles. The minimum absolute atomic E-state index is 0.350. The van der Waals surface area contributed by atoms with Gasteiger partial charge in [-0.25, -0.2) is 9.78 Å². The van der Waals surface area contributed by atoms with Crippen LogP contribution in [0.15, 0.2) is 12.1 Å². The van der Waals surface area contributed by atoms with Crippen LogP contribution >= 0.6 is 34.5 Å². The summed E-state index contributed by atoms with van der Waals surface area (Å²) in [5, 5.41) is 0.473. The Kier molecular flexibility index (Phi) is 2.82. The number of methoxy groups -OCH3 is 1. The molecule has 1 aromatic carbocycles. The summed E-state index contributed by atoms with van der Waals surface area (Å²) < 4.78 is 5.65. The van der Waals surface area contributed by atoms with Crippen molar-refractivity contribution in [2.24, 2.45) is 0 Å². The van der Waals surface area contributed by atoms with E-state index in [9.17, 15) is 4.79 Å². The van der Waals surface area contributed by atoms with Crippen LogP contribution in [0.3, 0.4) is 0 Å². The number of hydrogen-bond acceptors (Lipinski definition) is 4. The molecule has 15 heavy (non-hydrogen) atoms. The molecule has 3 nitrogen and oxygen atoms in total. The molecule has 0 amide bonds. The van der Waals surface area contributed by atoms with Crippen molar-refractivity contribution < 1.29 is 9.53 Å². The van der Waals surface area contributed by atoms with E-state index in [4.69, 9.17) is 23.2 Å². The minimum atomic E-state index is -0.419. The zero-order valence-electron chi connectivity index (χ0n) is 7.58. The maximum atomic E-state index is 11.4. The van der Waals surface area contributed by atoms with Gasteiger partial charge in [0.1, 0.15) is 5.52 Å². The number of ether oxygens (including phenoxy) is 1. The average molecular weight is 262 g/mol. The van der Waals surface area contributed by atoms with E-state index in [1.54, 1.807) is 12.1 Å². The van der Waals surface area contributed by atoms with Crippen LogP contribution in [0.1, 0.15) is 10.4 Å². The van der Waals surface area contributed by atoms with Gasteiger partial charge in [-0.15, -0.1) is 11.3 Å². The lowest BCUT2D eigenvalue weighted by Gasteiger charge is -2.00. The van der Waals surface area contributed by atoms with E-state index in [-0.39, 0.29) is 0 Å². The molecule has 0 aliphatic heterocycles. The molecule has 0 bridgehead atoms. The number of fused-ring (bicyclic) bond motifs is 1. The topological polar surface area (TPSA) is 39.2 Å². The van der Waals surface area contributed by atoms with E-state index in [0.29, 0.717) is 25.3 Å². The number of benzene rings is 1. The molecule has 0 unspecified atom stereocenters. The van der Waals surface area contributed by atoms with Crippen molar-refractivity contribution in [1.82, 2.24) is 4.98 Å². The molecule has 0 N–H and O–H groups in total. The Bertz CT molecular complexity index is 538. The van der Waals surface area contributed by atoms with Crippen LogP contribution in [0.4, 0.5) is 0 Å². The highest BCUT2D eigenvalue weighted by atomic mass is 35.5. The molecule has 0 radical (unpaired) electrons. The van der Waals surface area contributed by atoms with Gasteiger partial charge < -0.3 is 4.74 Å². The van der Waals surface area contributed by atoms with Crippen molar-refractivity contribution >= 4 is 50.7 Å². The highest BCUT2D eigenvalue weighted by molar-refractivity contribution is 7.22. The molecule has 0 aliphatic rings. The van der Waals surface area contributed by atoms with Crippen LogP contribution in [0.2, 0.25) is 9.49 Å². The van der Waals surface area contributed by atoms with Crippen LogP contribution < -0.4 is 0 Å². The molecule has 1 aromatic heterocycles. The summed E-state index contributed by atoms with van der Waals surface area (Å²) in [6.07, 6.45) is 0. The lowest BCUT2D eigenvalue weighted by molar-refractivity contribution is 0.0603. The fourth-order valence-electron chi connectivity index (χ4n) is 1.22. The second-order valence-corrected chi connectivity index (χ2v) is 4.72. The molecule has 78 valence electrons. The third-order valence-corrected chi connectivity index (χ3v) is 3.37. The third-order valence-electron chi connectivity index (χ3n) is 1.87. The Hall–Kier alpha value is -0.840. The molecule has 2 rings (SSSR count). The average Bonchev–Trinajstić information content (AvgIpc) is 2.60. The fraction of sp³-hybridized carbons (Fsp3) is 0.111. The van der Waals surface area contributed by atoms with Crippen LogP contribution in [0.5, 0.6) is 0 Å². The summed E-state index contributed by atoms with van der Waals surface area (Å²) in [6, 6.07) is 3.21. The lowest BCUT2D eigenvalue weighted by Crippen LogP contribution is -2.00. The van der Waals surface area contributed by atoms with E-state index >= 15 is 0 Å². The SMILES string of the molecule is COC(=O)c1ccc(Cl)c2nc(Cl)sc12. The summed E-state index contributed by atoms with van der Waals surface area (Å²) in [5.74, 6) is -0.419. The van der Waals surface area contributed by atoms with Crippen molar-refractivity contribution in [3.63, 3.8) is 0 Å². The van der Waals surface area contributed by atoms with Gasteiger partial charge in [-0.05, 0) is 12.1 Å². The van der Waals surface area contributed by atoms with Crippen molar-refractivity contribution in [3.8, 4) is 0 Å². The lowest BCUT2D eigenvalue weighted by atomic mass is 10.2. The molecule has 0 fully saturated rings. The van der Waals surface area contributed by atoms with Crippen LogP contribution in [-0.2, 0) is 4.74 Å². The van der Waals surface area contributed by atoms with Crippen molar-refractivity contribution in [3.05, 3.63) is 27.2 Å². The first kappa shape index (κ1) is 10.7. The summed E-state index contributed by atoms with van der Waals surface area (Å²) in [5.41, 5.74) is 0.968. The maximum Gasteiger partial charge on any atom is 0.339 e. The molecule has 2 aromatic rings. The summed E-state index contributed by atoms with van der Waals surface area (Å²) in [4.78, 5) is 15.5. The molecule has 6 heteroatoms. The van der Waals surface area contributed by atoms with Gasteiger partial charge in [0.25, 0.3) is 0 Å². The number of esters is 1. The monoisotopic (exact) mass is 261 g/mol. The minimum Gasteiger partial charge on any atom is -0.465 e. The van der Waals surface area contributed by atoms with Gasteiger partial charge in [-0.2, -0.15) is 0 Å². The number of thiazole rings is 1. The van der Waals surface area contributed by atoms with Gasteiger partial charge in [0.05, 0.1) is 22.4 Å². The van der Waals surface area contributed by atoms with E-state index in [1.807, 2.05) is 0 Å². The molecule has 0 saturated carbocycles. The van der Waals surface area contributed by atoms with Gasteiger partial charge >= 0.3 is 5.97 Å². The largest absolute Gasteiger partial charge is 0.465 e. The highest BCUT2D eigenvalue weighted by Gasteiger charge is 2.15. The second kappa shape index (κ2) is 3.96. The summed E-state index contributed by atoms with van der Waals surface area (Å²) in [6.45, 7) is 0. The number of carbonyl (C=O) groups is 1. The normalized spacial score (nSPS) is 10.6. The Morgan fingerprint density at radius 1 is 1.47 bits per heavy atom. The Balaban J connectivity index is 2.76. The van der Waals surface area contributed by atoms with Gasteiger partial charge in [-0.3, -0.25) is 0 Å². The number of aromatic nitrogens is 1. The Morgan fingerprint density at radius 2 is 2.20 bits per heavy atom. The first-order valence-electron chi connectivity index (χ1n) is 3.96. The quantitative estimate of drug-likeness (QED) is 0.739. The van der Waals surface area contributed by atoms with E-state index < -0.39 is 5.97 Å². The molecule has 0 spiro atoms. The van der Waals surface area contributed by atoms with E-state index in [2.05, 4.69) is 9.72 Å². The molecular formula is C9H5Cl2NO2S. The number of nitrogens with zero attached hydrogens (tertiary/aromatic N) is 1. The maximum absolute atomic E-state index is 11.4. The molecule has 0 saturated heterocycles. The van der Waals surface area contributed by atoms with Crippen LogP contribution in [0, 0.1) is 0 Å². The molecule has 0 atom stereocenters. The molecular weight excluding hydrogens is 257 g/mol. The summed E-state index contributed by atoms with van der Waals surface area (Å²) >= 11 is 12.9. The van der Waals surface area contributed by atoms with Gasteiger partial charge in [0, 0.05) is 0 Å². The highest BCUT2D eigenvalue weighted by Crippen LogP contribution is 2.33. The second-order valence-electron chi connectivity index (χ2n) is 2.73. The standard InChI is InChI=1S/C9H5Cl2NO2S/c1-14-8(13)4-2-3-5(10)6-7(4)15-9(11)12-6/h2-3H,1H3. The fourth-order valence-corrected chi connectivity index (χ4v) is 2.61. The van der Waals surface area contributed by atoms with Gasteiger partial charge in [0.15, 0.2) is 4.47 Å². The third kappa shape index (κ3) is 1.80. The van der Waals surface area contributed by atoms with E-state index in [1.165, 1.54) is 18.4 Å². The zero-order valence-corrected chi connectivity index (χ0v) is 9.91. The first-order chi connectivity index (χ1) is 7.13. The molecule has 1 heterocycles. The van der Waals surface area contributed by atoms with Crippen LogP contribution in [-0.4, -0.2) is 18.1 Å². The number of rotatable bonds is 1. The number of hydrogen-bond donors (Lipinski definition) is 0. The van der Waals surface area contributed by atoms with Crippen LogP contribution in [0.25, 0.3) is 10.2 Å². The Morgan fingerprint density at radius 3 is 2.87 bits per heavy atom. The number of carbonyl (C=O) groups excluding carboxylic acids is 1. The predicted molar refractivity (Wildman–Crippen MR) is 61.0 cm³/mol. The van der Waals surface area contributed by atoms with Gasteiger partial charge in [-0.1, -0.05) is 23.2 Å².